The minimum atomic E-state index is -1.28. The van der Waals surface area contributed by atoms with Crippen molar-refractivity contribution in [3.8, 4) is 16.9 Å². The summed E-state index contributed by atoms with van der Waals surface area (Å²) in [5.74, 6) is -2.06. The first-order valence-electron chi connectivity index (χ1n) is 10.8. The number of phenols is 1. The van der Waals surface area contributed by atoms with Crippen LogP contribution in [0.2, 0.25) is 0 Å². The Morgan fingerprint density at radius 3 is 2.21 bits per heavy atom. The second-order valence-electron chi connectivity index (χ2n) is 8.16. The van der Waals surface area contributed by atoms with Crippen LogP contribution in [0.4, 0.5) is 10.5 Å². The lowest BCUT2D eigenvalue weighted by molar-refractivity contribution is -0.116. The molecule has 0 spiro atoms. The lowest BCUT2D eigenvalue weighted by Gasteiger charge is -2.17. The second kappa shape index (κ2) is 9.66. The molecule has 1 aliphatic rings. The number of ether oxygens (including phenoxy) is 1. The van der Waals surface area contributed by atoms with Gasteiger partial charge in [0, 0.05) is 18.4 Å². The number of aromatic hydroxyl groups is 1. The molecule has 1 atom stereocenters. The van der Waals surface area contributed by atoms with Gasteiger partial charge < -0.3 is 25.6 Å². The Labute approximate surface area is 196 Å². The number of hydrogen-bond donors (Lipinski definition) is 4. The Morgan fingerprint density at radius 1 is 0.971 bits per heavy atom. The Bertz CT molecular complexity index is 1210. The molecule has 0 saturated heterocycles. The monoisotopic (exact) mass is 460 g/mol. The molecule has 3 aromatic carbocycles. The van der Waals surface area contributed by atoms with E-state index in [4.69, 9.17) is 4.74 Å². The number of nitrogens with one attached hydrogen (secondary N) is 2. The minimum absolute atomic E-state index is 0.0589. The Morgan fingerprint density at radius 2 is 1.59 bits per heavy atom. The third-order valence-electron chi connectivity index (χ3n) is 5.71. The number of carbonyl (C=O) groups excluding carboxylic acids is 2. The van der Waals surface area contributed by atoms with Gasteiger partial charge in [0.05, 0.1) is 11.3 Å². The number of carbonyl (C=O) groups is 3. The maximum absolute atomic E-state index is 12.4. The average molecular weight is 460 g/mol. The molecule has 2 amide bonds. The van der Waals surface area contributed by atoms with Crippen molar-refractivity contribution in [1.29, 1.82) is 0 Å². The molecule has 8 nitrogen and oxygen atoms in total. The zero-order valence-corrected chi connectivity index (χ0v) is 18.4. The normalized spacial score (nSPS) is 12.9. The van der Waals surface area contributed by atoms with E-state index >= 15 is 0 Å². The van der Waals surface area contributed by atoms with E-state index < -0.39 is 24.0 Å². The van der Waals surface area contributed by atoms with Gasteiger partial charge in [0.15, 0.2) is 0 Å². The Balaban J connectivity index is 1.32. The molecule has 4 N–H and O–H groups in total. The fourth-order valence-corrected chi connectivity index (χ4v) is 4.19. The van der Waals surface area contributed by atoms with Crippen LogP contribution in [0.5, 0.6) is 5.75 Å². The minimum Gasteiger partial charge on any atom is -0.508 e. The van der Waals surface area contributed by atoms with E-state index in [1.54, 1.807) is 6.92 Å². The van der Waals surface area contributed by atoms with Crippen molar-refractivity contribution < 1.29 is 29.3 Å². The third kappa shape index (κ3) is 4.85. The first-order chi connectivity index (χ1) is 16.3. The highest BCUT2D eigenvalue weighted by molar-refractivity contribution is 6.01. The lowest BCUT2D eigenvalue weighted by Crippen LogP contribution is -2.36. The van der Waals surface area contributed by atoms with Gasteiger partial charge in [-0.25, -0.2) is 9.59 Å². The van der Waals surface area contributed by atoms with E-state index in [1.165, 1.54) is 12.1 Å². The smallest absolute Gasteiger partial charge is 0.407 e. The molecule has 0 fully saturated rings. The molecule has 0 saturated carbocycles. The summed E-state index contributed by atoms with van der Waals surface area (Å²) in [7, 11) is 0. The van der Waals surface area contributed by atoms with Gasteiger partial charge in [-0.1, -0.05) is 48.5 Å². The Kier molecular flexibility index (Phi) is 6.49. The first-order valence-corrected chi connectivity index (χ1v) is 10.8. The van der Waals surface area contributed by atoms with Crippen LogP contribution in [-0.2, 0) is 9.53 Å². The predicted molar refractivity (Wildman–Crippen MR) is 126 cm³/mol. The number of carboxylic acid groups (broad SMARTS) is 1. The fraction of sp³-hybridized carbons (Fsp3) is 0.192. The number of amides is 2. The molecule has 4 rings (SSSR count). The Hall–Kier alpha value is -4.33. The second-order valence-corrected chi connectivity index (χ2v) is 8.16. The quantitative estimate of drug-likeness (QED) is 0.389. The van der Waals surface area contributed by atoms with Crippen LogP contribution in [0.1, 0.15) is 40.7 Å². The largest absolute Gasteiger partial charge is 0.508 e. The van der Waals surface area contributed by atoms with E-state index in [9.17, 15) is 24.6 Å². The number of rotatable bonds is 7. The highest BCUT2D eigenvalue weighted by atomic mass is 16.5. The summed E-state index contributed by atoms with van der Waals surface area (Å²) >= 11 is 0. The summed E-state index contributed by atoms with van der Waals surface area (Å²) < 4.78 is 5.49. The number of fused-ring (bicyclic) bond motifs is 3. The first kappa shape index (κ1) is 22.8. The van der Waals surface area contributed by atoms with Gasteiger partial charge in [-0.05, 0) is 47.4 Å². The summed E-state index contributed by atoms with van der Waals surface area (Å²) in [5, 5.41) is 23.8. The molecule has 0 aromatic heterocycles. The summed E-state index contributed by atoms with van der Waals surface area (Å²) in [6, 6.07) is 19.1. The maximum Gasteiger partial charge on any atom is 0.407 e. The summed E-state index contributed by atoms with van der Waals surface area (Å²) in [6.45, 7) is 1.81. The van der Waals surface area contributed by atoms with Crippen LogP contribution in [0.15, 0.2) is 66.7 Å². The fourth-order valence-electron chi connectivity index (χ4n) is 4.19. The van der Waals surface area contributed by atoms with Gasteiger partial charge in [0.25, 0.3) is 0 Å². The zero-order chi connectivity index (χ0) is 24.2. The number of anilines is 1. The molecule has 8 heteroatoms. The van der Waals surface area contributed by atoms with E-state index in [-0.39, 0.29) is 35.9 Å². The van der Waals surface area contributed by atoms with Gasteiger partial charge in [-0.15, -0.1) is 0 Å². The average Bonchev–Trinajstić information content (AvgIpc) is 3.12. The maximum atomic E-state index is 12.4. The van der Waals surface area contributed by atoms with Gasteiger partial charge in [0.2, 0.25) is 5.91 Å². The van der Waals surface area contributed by atoms with Gasteiger partial charge >= 0.3 is 12.1 Å². The van der Waals surface area contributed by atoms with Crippen LogP contribution < -0.4 is 10.6 Å². The van der Waals surface area contributed by atoms with Crippen molar-refractivity contribution in [2.75, 3.05) is 11.9 Å². The molecule has 34 heavy (non-hydrogen) atoms. The molecular weight excluding hydrogens is 436 g/mol. The lowest BCUT2D eigenvalue weighted by atomic mass is 9.98. The SMILES string of the molecule is C[C@H](CC(=O)Nc1ccc(O)cc1C(=O)O)NC(=O)OCC1c2ccccc2-c2ccccc21. The van der Waals surface area contributed by atoms with Crippen molar-refractivity contribution in [2.45, 2.75) is 25.3 Å². The number of aromatic carboxylic acids is 1. The van der Waals surface area contributed by atoms with E-state index in [0.717, 1.165) is 28.3 Å². The molecule has 0 aliphatic heterocycles. The molecule has 0 bridgehead atoms. The summed E-state index contributed by atoms with van der Waals surface area (Å²) in [6.07, 6.45) is -0.734. The van der Waals surface area contributed by atoms with Crippen molar-refractivity contribution in [1.82, 2.24) is 5.32 Å². The number of benzene rings is 3. The topological polar surface area (TPSA) is 125 Å². The van der Waals surface area contributed by atoms with Gasteiger partial charge in [-0.2, -0.15) is 0 Å². The van der Waals surface area contributed by atoms with Crippen LogP contribution in [0.25, 0.3) is 11.1 Å². The van der Waals surface area contributed by atoms with Crippen LogP contribution in [-0.4, -0.2) is 40.8 Å². The van der Waals surface area contributed by atoms with Crippen molar-refractivity contribution in [3.05, 3.63) is 83.4 Å². The highest BCUT2D eigenvalue weighted by Crippen LogP contribution is 2.44. The van der Waals surface area contributed by atoms with Crippen molar-refractivity contribution in [3.63, 3.8) is 0 Å². The number of alkyl carbamates (subject to hydrolysis) is 1. The van der Waals surface area contributed by atoms with Crippen LogP contribution in [0.3, 0.4) is 0 Å². The van der Waals surface area contributed by atoms with Crippen LogP contribution >= 0.6 is 0 Å². The van der Waals surface area contributed by atoms with Crippen LogP contribution in [0, 0.1) is 0 Å². The van der Waals surface area contributed by atoms with Crippen molar-refractivity contribution >= 4 is 23.7 Å². The van der Waals surface area contributed by atoms with Crippen molar-refractivity contribution in [2.24, 2.45) is 0 Å². The molecule has 0 heterocycles. The van der Waals surface area contributed by atoms with E-state index in [2.05, 4.69) is 22.8 Å². The highest BCUT2D eigenvalue weighted by Gasteiger charge is 2.29. The third-order valence-corrected chi connectivity index (χ3v) is 5.71. The molecule has 0 unspecified atom stereocenters. The number of phenolic OH excluding ortho intramolecular Hbond substituents is 1. The molecule has 174 valence electrons. The van der Waals surface area contributed by atoms with Gasteiger partial charge in [-0.3, -0.25) is 4.79 Å². The molecule has 3 aromatic rings. The molecular formula is C26H24N2O6. The standard InChI is InChI=1S/C26H24N2O6/c1-15(12-24(30)28-23-11-10-16(29)13-21(23)25(31)32)27-26(33)34-14-22-19-8-4-2-6-17(19)18-7-3-5-9-20(18)22/h2-11,13,15,22,29H,12,14H2,1H3,(H,27,33)(H,28,30)(H,31,32)/t15-/m1/s1. The number of carboxylic acids is 1. The predicted octanol–water partition coefficient (Wildman–Crippen LogP) is 4.35. The number of hydrogen-bond acceptors (Lipinski definition) is 5. The summed E-state index contributed by atoms with van der Waals surface area (Å²) in [4.78, 5) is 36.1. The summed E-state index contributed by atoms with van der Waals surface area (Å²) in [5.41, 5.74) is 4.30. The molecule has 1 aliphatic carbocycles. The molecule has 0 radical (unpaired) electrons. The van der Waals surface area contributed by atoms with Gasteiger partial charge in [0.1, 0.15) is 12.4 Å². The zero-order valence-electron chi connectivity index (χ0n) is 18.4. The van der Waals surface area contributed by atoms with E-state index in [0.29, 0.717) is 0 Å². The van der Waals surface area contributed by atoms with E-state index in [1.807, 2.05) is 36.4 Å².